The molecule has 0 unspecified atom stereocenters. The van der Waals surface area contributed by atoms with Gasteiger partial charge in [-0.15, -0.1) is 0 Å². The van der Waals surface area contributed by atoms with Gasteiger partial charge in [-0.25, -0.2) is 0 Å². The van der Waals surface area contributed by atoms with Crippen LogP contribution in [0.1, 0.15) is 46.5 Å². The van der Waals surface area contributed by atoms with Gasteiger partial charge in [0.1, 0.15) is 0 Å². The normalized spacial score (nSPS) is 37.6. The van der Waals surface area contributed by atoms with Gasteiger partial charge in [-0.2, -0.15) is 0 Å². The van der Waals surface area contributed by atoms with Gasteiger partial charge in [-0.3, -0.25) is 9.59 Å². The molecule has 0 spiro atoms. The highest BCUT2D eigenvalue weighted by Crippen LogP contribution is 2.55. The summed E-state index contributed by atoms with van der Waals surface area (Å²) >= 11 is 0. The Kier molecular flexibility index (Phi) is 2.56. The fourth-order valence-corrected chi connectivity index (χ4v) is 3.74. The highest BCUT2D eigenvalue weighted by atomic mass is 16.1. The summed E-state index contributed by atoms with van der Waals surface area (Å²) in [4.78, 5) is 23.2. The quantitative estimate of drug-likeness (QED) is 0.503. The predicted molar refractivity (Wildman–Crippen MR) is 63.0 cm³/mol. The van der Waals surface area contributed by atoms with Crippen LogP contribution < -0.4 is 0 Å². The van der Waals surface area contributed by atoms with Crippen LogP contribution in [0.3, 0.4) is 0 Å². The van der Waals surface area contributed by atoms with E-state index in [2.05, 4.69) is 20.8 Å². The van der Waals surface area contributed by atoms with Crippen LogP contribution in [0.15, 0.2) is 11.6 Å². The molecule has 88 valence electrons. The molecule has 0 amide bonds. The SMILES string of the molecule is CC1(C)CCC[C@]2(C)C(=O)C(C=O)=CC[C@@H]12. The lowest BCUT2D eigenvalue weighted by Gasteiger charge is -2.51. The van der Waals surface area contributed by atoms with E-state index in [1.807, 2.05) is 6.08 Å². The number of Topliss-reactive ketones (excluding diaryl/α,β-unsaturated/α-hetero) is 1. The van der Waals surface area contributed by atoms with Crippen molar-refractivity contribution in [3.63, 3.8) is 0 Å². The Morgan fingerprint density at radius 3 is 2.62 bits per heavy atom. The molecule has 0 bridgehead atoms. The number of fused-ring (bicyclic) bond motifs is 1. The number of carbonyl (C=O) groups is 2. The maximum Gasteiger partial charge on any atom is 0.171 e. The minimum atomic E-state index is -0.299. The van der Waals surface area contributed by atoms with E-state index >= 15 is 0 Å². The molecule has 0 saturated heterocycles. The van der Waals surface area contributed by atoms with Crippen molar-refractivity contribution in [1.29, 1.82) is 0 Å². The Hall–Kier alpha value is -0.920. The Morgan fingerprint density at radius 1 is 1.31 bits per heavy atom. The smallest absolute Gasteiger partial charge is 0.171 e. The second kappa shape index (κ2) is 3.54. The van der Waals surface area contributed by atoms with Crippen LogP contribution in [0.25, 0.3) is 0 Å². The summed E-state index contributed by atoms with van der Waals surface area (Å²) in [6.07, 6.45) is 6.66. The van der Waals surface area contributed by atoms with Crippen LogP contribution in [0.4, 0.5) is 0 Å². The molecular formula is C14H20O2. The Labute approximate surface area is 97.1 Å². The van der Waals surface area contributed by atoms with E-state index in [1.54, 1.807) is 0 Å². The van der Waals surface area contributed by atoms with Crippen molar-refractivity contribution in [2.75, 3.05) is 0 Å². The zero-order valence-electron chi connectivity index (χ0n) is 10.4. The first kappa shape index (κ1) is 11.6. The number of carbonyl (C=O) groups excluding carboxylic acids is 2. The minimum absolute atomic E-state index is 0.0755. The van der Waals surface area contributed by atoms with E-state index in [9.17, 15) is 9.59 Å². The molecular weight excluding hydrogens is 200 g/mol. The molecule has 0 heterocycles. The van der Waals surface area contributed by atoms with Crippen molar-refractivity contribution in [3.05, 3.63) is 11.6 Å². The lowest BCUT2D eigenvalue weighted by Crippen LogP contribution is -2.49. The molecule has 2 nitrogen and oxygen atoms in total. The minimum Gasteiger partial charge on any atom is -0.298 e. The molecule has 0 N–H and O–H groups in total. The van der Waals surface area contributed by atoms with Gasteiger partial charge in [-0.05, 0) is 30.6 Å². The van der Waals surface area contributed by atoms with Crippen molar-refractivity contribution in [2.45, 2.75) is 46.5 Å². The average Bonchev–Trinajstić information content (AvgIpc) is 2.20. The summed E-state index contributed by atoms with van der Waals surface area (Å²) in [5, 5.41) is 0. The largest absolute Gasteiger partial charge is 0.298 e. The number of rotatable bonds is 1. The van der Waals surface area contributed by atoms with Crippen LogP contribution in [0.5, 0.6) is 0 Å². The van der Waals surface area contributed by atoms with Crippen molar-refractivity contribution in [1.82, 2.24) is 0 Å². The maximum absolute atomic E-state index is 12.3. The van der Waals surface area contributed by atoms with Gasteiger partial charge in [0.05, 0.1) is 5.57 Å². The van der Waals surface area contributed by atoms with Gasteiger partial charge in [0.2, 0.25) is 0 Å². The van der Waals surface area contributed by atoms with E-state index in [0.717, 1.165) is 25.5 Å². The second-order valence-electron chi connectivity index (χ2n) is 6.15. The fourth-order valence-electron chi connectivity index (χ4n) is 3.74. The third-order valence-corrected chi connectivity index (χ3v) is 4.71. The lowest BCUT2D eigenvalue weighted by molar-refractivity contribution is -0.136. The Bertz CT molecular complexity index is 365. The molecule has 2 aliphatic carbocycles. The summed E-state index contributed by atoms with van der Waals surface area (Å²) in [5.41, 5.74) is 0.316. The van der Waals surface area contributed by atoms with Gasteiger partial charge >= 0.3 is 0 Å². The molecule has 16 heavy (non-hydrogen) atoms. The highest BCUT2D eigenvalue weighted by molar-refractivity contribution is 6.15. The van der Waals surface area contributed by atoms with Crippen molar-refractivity contribution in [2.24, 2.45) is 16.7 Å². The lowest BCUT2D eigenvalue weighted by atomic mass is 9.52. The molecule has 1 fully saturated rings. The molecule has 2 atom stereocenters. The molecule has 2 aliphatic rings. The molecule has 0 radical (unpaired) electrons. The number of hydrogen-bond donors (Lipinski definition) is 0. The first-order valence-electron chi connectivity index (χ1n) is 6.12. The van der Waals surface area contributed by atoms with Crippen molar-refractivity contribution < 1.29 is 9.59 Å². The third-order valence-electron chi connectivity index (χ3n) is 4.71. The fraction of sp³-hybridized carbons (Fsp3) is 0.714. The summed E-state index contributed by atoms with van der Waals surface area (Å²) in [5.74, 6) is 0.469. The number of hydrogen-bond acceptors (Lipinski definition) is 2. The standard InChI is InChI=1S/C14H20O2/c1-13(2)7-4-8-14(3)11(13)6-5-10(9-15)12(14)16/h5,9,11H,4,6-8H2,1-3H3/t11-,14-/m0/s1. The van der Waals surface area contributed by atoms with E-state index < -0.39 is 0 Å². The molecule has 0 aromatic rings. The highest BCUT2D eigenvalue weighted by Gasteiger charge is 2.52. The topological polar surface area (TPSA) is 34.1 Å². The average molecular weight is 220 g/mol. The van der Waals surface area contributed by atoms with Gasteiger partial charge in [0.25, 0.3) is 0 Å². The molecule has 0 aromatic heterocycles. The second-order valence-corrected chi connectivity index (χ2v) is 6.15. The molecule has 0 aliphatic heterocycles. The zero-order chi connectivity index (χ0) is 12.0. The summed E-state index contributed by atoms with van der Waals surface area (Å²) in [7, 11) is 0. The van der Waals surface area contributed by atoms with Crippen molar-refractivity contribution in [3.8, 4) is 0 Å². The summed E-state index contributed by atoms with van der Waals surface area (Å²) in [6.45, 7) is 6.56. The van der Waals surface area contributed by atoms with Crippen LogP contribution in [0.2, 0.25) is 0 Å². The van der Waals surface area contributed by atoms with Crippen LogP contribution >= 0.6 is 0 Å². The van der Waals surface area contributed by atoms with Crippen LogP contribution in [0, 0.1) is 16.7 Å². The predicted octanol–water partition coefficient (Wildman–Crippen LogP) is 2.92. The van der Waals surface area contributed by atoms with Gasteiger partial charge in [0.15, 0.2) is 12.1 Å². The van der Waals surface area contributed by atoms with Crippen molar-refractivity contribution >= 4 is 12.1 Å². The number of allylic oxidation sites excluding steroid dienone is 2. The first-order valence-corrected chi connectivity index (χ1v) is 6.12. The molecule has 0 aromatic carbocycles. The van der Waals surface area contributed by atoms with Gasteiger partial charge in [0, 0.05) is 5.41 Å². The number of aldehydes is 1. The van der Waals surface area contributed by atoms with Gasteiger partial charge in [-0.1, -0.05) is 33.3 Å². The van der Waals surface area contributed by atoms with Crippen LogP contribution in [-0.2, 0) is 9.59 Å². The van der Waals surface area contributed by atoms with E-state index in [4.69, 9.17) is 0 Å². The van der Waals surface area contributed by atoms with E-state index in [0.29, 0.717) is 11.5 Å². The van der Waals surface area contributed by atoms with Gasteiger partial charge < -0.3 is 0 Å². The van der Waals surface area contributed by atoms with Crippen LogP contribution in [-0.4, -0.2) is 12.1 Å². The monoisotopic (exact) mass is 220 g/mol. The Morgan fingerprint density at radius 2 is 2.00 bits per heavy atom. The summed E-state index contributed by atoms with van der Waals surface area (Å²) in [6, 6.07) is 0. The maximum atomic E-state index is 12.3. The molecule has 1 saturated carbocycles. The number of ketones is 1. The molecule has 2 heteroatoms. The third kappa shape index (κ3) is 1.47. The summed E-state index contributed by atoms with van der Waals surface area (Å²) < 4.78 is 0. The molecule has 2 rings (SSSR count). The van der Waals surface area contributed by atoms with E-state index in [1.165, 1.54) is 6.42 Å². The zero-order valence-corrected chi connectivity index (χ0v) is 10.4. The Balaban J connectivity index is 2.43. The van der Waals surface area contributed by atoms with E-state index in [-0.39, 0.29) is 16.6 Å². The first-order chi connectivity index (χ1) is 7.42.